The second-order valence-electron chi connectivity index (χ2n) is 2.05. The lowest BCUT2D eigenvalue weighted by Crippen LogP contribution is -1.99. The first kappa shape index (κ1) is 9.79. The van der Waals surface area contributed by atoms with Crippen molar-refractivity contribution in [3.63, 3.8) is 0 Å². The van der Waals surface area contributed by atoms with Gasteiger partial charge in [-0.05, 0) is 0 Å². The van der Waals surface area contributed by atoms with E-state index in [-0.39, 0.29) is 5.75 Å². The zero-order chi connectivity index (χ0) is 9.68. The van der Waals surface area contributed by atoms with Crippen LogP contribution < -0.4 is 4.74 Å². The summed E-state index contributed by atoms with van der Waals surface area (Å²) in [6.45, 7) is 0. The Hall–Kier alpha value is -1.30. The van der Waals surface area contributed by atoms with Crippen molar-refractivity contribution in [2.45, 2.75) is 5.03 Å². The number of methoxy groups -OCH3 is 1. The summed E-state index contributed by atoms with van der Waals surface area (Å²) in [5, 5.41) is 8.92. The molecule has 1 aromatic heterocycles. The highest BCUT2D eigenvalue weighted by atomic mass is 32.2. The van der Waals surface area contributed by atoms with Crippen LogP contribution in [0.5, 0.6) is 5.88 Å². The van der Waals surface area contributed by atoms with Crippen LogP contribution in [0.4, 0.5) is 0 Å². The number of aliphatic carboxylic acids is 1. The Balaban J connectivity index is 2.69. The first-order chi connectivity index (χ1) is 6.24. The Morgan fingerprint density at radius 3 is 2.92 bits per heavy atom. The molecule has 0 unspecified atom stereocenters. The third-order valence-corrected chi connectivity index (χ3v) is 2.10. The number of ether oxygens (including phenoxy) is 1. The van der Waals surface area contributed by atoms with Crippen LogP contribution >= 0.6 is 11.8 Å². The summed E-state index contributed by atoms with van der Waals surface area (Å²) < 4.78 is 4.89. The predicted octanol–water partition coefficient (Wildman–Crippen LogP) is 0.662. The normalized spacial score (nSPS) is 9.62. The molecule has 0 aliphatic carbocycles. The van der Waals surface area contributed by atoms with Crippen LogP contribution in [0.25, 0.3) is 0 Å². The molecule has 13 heavy (non-hydrogen) atoms. The average molecular weight is 200 g/mol. The van der Waals surface area contributed by atoms with E-state index in [9.17, 15) is 4.79 Å². The summed E-state index contributed by atoms with van der Waals surface area (Å²) in [5.41, 5.74) is 0. The summed E-state index contributed by atoms with van der Waals surface area (Å²) in [6, 6.07) is 0. The molecule has 0 aromatic carbocycles. The van der Waals surface area contributed by atoms with E-state index in [1.807, 2.05) is 0 Å². The van der Waals surface area contributed by atoms with Gasteiger partial charge in [0.05, 0.1) is 12.9 Å². The second kappa shape index (κ2) is 4.66. The molecular weight excluding hydrogens is 192 g/mol. The molecule has 1 rings (SSSR count). The molecule has 0 aliphatic rings. The van der Waals surface area contributed by atoms with Gasteiger partial charge in [0, 0.05) is 12.4 Å². The molecule has 0 aliphatic heterocycles. The van der Waals surface area contributed by atoms with Crippen LogP contribution in [0.15, 0.2) is 17.4 Å². The van der Waals surface area contributed by atoms with Gasteiger partial charge < -0.3 is 9.84 Å². The number of thioether (sulfide) groups is 1. The zero-order valence-corrected chi connectivity index (χ0v) is 7.74. The van der Waals surface area contributed by atoms with Gasteiger partial charge in [-0.1, -0.05) is 11.8 Å². The minimum atomic E-state index is -0.891. The Morgan fingerprint density at radius 2 is 2.31 bits per heavy atom. The predicted molar refractivity (Wildman–Crippen MR) is 46.9 cm³/mol. The number of aromatic nitrogens is 2. The summed E-state index contributed by atoms with van der Waals surface area (Å²) in [7, 11) is 1.47. The van der Waals surface area contributed by atoms with Crippen molar-refractivity contribution >= 4 is 17.7 Å². The first-order valence-corrected chi connectivity index (χ1v) is 4.42. The highest BCUT2D eigenvalue weighted by Gasteiger charge is 2.07. The summed E-state index contributed by atoms with van der Waals surface area (Å²) in [4.78, 5) is 18.1. The number of carboxylic acids is 1. The van der Waals surface area contributed by atoms with Crippen molar-refractivity contribution in [1.82, 2.24) is 9.97 Å². The van der Waals surface area contributed by atoms with E-state index >= 15 is 0 Å². The van der Waals surface area contributed by atoms with Crippen molar-refractivity contribution < 1.29 is 14.6 Å². The van der Waals surface area contributed by atoms with E-state index in [1.165, 1.54) is 19.5 Å². The number of hydrogen-bond acceptors (Lipinski definition) is 5. The third-order valence-electron chi connectivity index (χ3n) is 1.16. The van der Waals surface area contributed by atoms with Gasteiger partial charge in [0.25, 0.3) is 0 Å². The summed E-state index contributed by atoms with van der Waals surface area (Å²) in [5.74, 6) is -0.582. The lowest BCUT2D eigenvalue weighted by atomic mass is 10.7. The van der Waals surface area contributed by atoms with E-state index in [2.05, 4.69) is 9.97 Å². The van der Waals surface area contributed by atoms with E-state index < -0.39 is 5.97 Å². The quantitative estimate of drug-likeness (QED) is 0.720. The van der Waals surface area contributed by atoms with Gasteiger partial charge in [-0.25, -0.2) is 9.97 Å². The fourth-order valence-corrected chi connectivity index (χ4v) is 1.34. The minimum absolute atomic E-state index is 0.0466. The van der Waals surface area contributed by atoms with Crippen molar-refractivity contribution in [1.29, 1.82) is 0 Å². The fraction of sp³-hybridized carbons (Fsp3) is 0.286. The molecule has 0 amide bonds. The fourth-order valence-electron chi connectivity index (χ4n) is 0.682. The van der Waals surface area contributed by atoms with Gasteiger partial charge >= 0.3 is 5.97 Å². The van der Waals surface area contributed by atoms with Crippen molar-refractivity contribution in [3.05, 3.63) is 12.4 Å². The van der Waals surface area contributed by atoms with Crippen molar-refractivity contribution in [2.75, 3.05) is 12.9 Å². The minimum Gasteiger partial charge on any atom is -0.481 e. The van der Waals surface area contributed by atoms with Gasteiger partial charge in [-0.2, -0.15) is 0 Å². The monoisotopic (exact) mass is 200 g/mol. The van der Waals surface area contributed by atoms with Crippen molar-refractivity contribution in [2.24, 2.45) is 0 Å². The Morgan fingerprint density at radius 1 is 1.62 bits per heavy atom. The molecule has 5 nitrogen and oxygen atoms in total. The van der Waals surface area contributed by atoms with Gasteiger partial charge in [-0.3, -0.25) is 4.79 Å². The maximum atomic E-state index is 10.3. The molecular formula is C7H8N2O3S. The van der Waals surface area contributed by atoms with Gasteiger partial charge in [0.1, 0.15) is 0 Å². The number of carboxylic acid groups (broad SMARTS) is 1. The lowest BCUT2D eigenvalue weighted by molar-refractivity contribution is -0.133. The van der Waals surface area contributed by atoms with E-state index in [1.54, 1.807) is 0 Å². The van der Waals surface area contributed by atoms with Crippen LogP contribution in [0, 0.1) is 0 Å². The van der Waals surface area contributed by atoms with Crippen LogP contribution in [0.2, 0.25) is 0 Å². The molecule has 1 aromatic rings. The van der Waals surface area contributed by atoms with Crippen LogP contribution in [0.1, 0.15) is 0 Å². The number of nitrogens with zero attached hydrogens (tertiary/aromatic N) is 2. The average Bonchev–Trinajstić information content (AvgIpc) is 2.15. The lowest BCUT2D eigenvalue weighted by Gasteiger charge is -2.02. The SMILES string of the molecule is COc1nccnc1SCC(=O)O. The molecule has 0 saturated carbocycles. The summed E-state index contributed by atoms with van der Waals surface area (Å²) >= 11 is 1.08. The van der Waals surface area contributed by atoms with Crippen LogP contribution in [-0.2, 0) is 4.79 Å². The standard InChI is InChI=1S/C7H8N2O3S/c1-12-6-7(9-3-2-8-6)13-4-5(10)11/h2-3H,4H2,1H3,(H,10,11). The van der Waals surface area contributed by atoms with Crippen LogP contribution in [-0.4, -0.2) is 33.9 Å². The molecule has 0 spiro atoms. The zero-order valence-electron chi connectivity index (χ0n) is 6.93. The molecule has 0 atom stereocenters. The molecule has 6 heteroatoms. The summed E-state index contributed by atoms with van der Waals surface area (Å²) in [6.07, 6.45) is 2.98. The molecule has 0 fully saturated rings. The first-order valence-electron chi connectivity index (χ1n) is 3.43. The van der Waals surface area contributed by atoms with Gasteiger partial charge in [0.15, 0.2) is 5.03 Å². The van der Waals surface area contributed by atoms with E-state index in [4.69, 9.17) is 9.84 Å². The molecule has 1 heterocycles. The Bertz CT molecular complexity index is 306. The molecule has 70 valence electrons. The highest BCUT2D eigenvalue weighted by Crippen LogP contribution is 2.23. The number of rotatable bonds is 4. The second-order valence-corrected chi connectivity index (χ2v) is 3.02. The Labute approximate surface area is 79.2 Å². The maximum Gasteiger partial charge on any atom is 0.313 e. The molecule has 1 N–H and O–H groups in total. The maximum absolute atomic E-state index is 10.3. The topological polar surface area (TPSA) is 72.3 Å². The largest absolute Gasteiger partial charge is 0.481 e. The number of carbonyl (C=O) groups is 1. The highest BCUT2D eigenvalue weighted by molar-refractivity contribution is 8.00. The molecule has 0 bridgehead atoms. The van der Waals surface area contributed by atoms with Crippen LogP contribution in [0.3, 0.4) is 0 Å². The van der Waals surface area contributed by atoms with Gasteiger partial charge in [-0.15, -0.1) is 0 Å². The van der Waals surface area contributed by atoms with Crippen molar-refractivity contribution in [3.8, 4) is 5.88 Å². The van der Waals surface area contributed by atoms with E-state index in [0.29, 0.717) is 10.9 Å². The Kier molecular flexibility index (Phi) is 3.51. The smallest absolute Gasteiger partial charge is 0.313 e. The number of hydrogen-bond donors (Lipinski definition) is 1. The molecule has 0 radical (unpaired) electrons. The van der Waals surface area contributed by atoms with Gasteiger partial charge in [0.2, 0.25) is 5.88 Å². The molecule has 0 saturated heterocycles. The van der Waals surface area contributed by atoms with E-state index in [0.717, 1.165) is 11.8 Å². The third kappa shape index (κ3) is 2.90.